The number of aromatic hydroxyl groups is 1. The topological polar surface area (TPSA) is 47.0 Å². The van der Waals surface area contributed by atoms with Crippen molar-refractivity contribution < 1.29 is 9.90 Å². The zero-order valence-electron chi connectivity index (χ0n) is 13.2. The number of hydrogen-bond donors (Lipinski definition) is 1. The number of rotatable bonds is 2. The van der Waals surface area contributed by atoms with Gasteiger partial charge in [-0.25, -0.2) is 0 Å². The molecule has 22 heavy (non-hydrogen) atoms. The molecule has 0 aliphatic carbocycles. The van der Waals surface area contributed by atoms with Crippen molar-refractivity contribution in [2.45, 2.75) is 12.8 Å². The zero-order valence-corrected chi connectivity index (χ0v) is 13.2. The van der Waals surface area contributed by atoms with Crippen LogP contribution >= 0.6 is 0 Å². The first-order chi connectivity index (χ1) is 10.6. The van der Waals surface area contributed by atoms with Gasteiger partial charge in [0.15, 0.2) is 0 Å². The first-order valence-electron chi connectivity index (χ1n) is 8.15. The SMILES string of the molecule is CN1CCCC(C(=O)N2CCN(c3ccccc3O)CC2)C1. The van der Waals surface area contributed by atoms with Crippen LogP contribution < -0.4 is 4.90 Å². The van der Waals surface area contributed by atoms with E-state index in [1.54, 1.807) is 6.07 Å². The number of piperazine rings is 1. The highest BCUT2D eigenvalue weighted by atomic mass is 16.3. The molecule has 5 heteroatoms. The van der Waals surface area contributed by atoms with Gasteiger partial charge in [0.2, 0.25) is 5.91 Å². The molecule has 120 valence electrons. The lowest BCUT2D eigenvalue weighted by atomic mass is 9.96. The molecule has 2 saturated heterocycles. The number of hydrogen-bond acceptors (Lipinski definition) is 4. The molecule has 1 aromatic rings. The Hall–Kier alpha value is -1.75. The quantitative estimate of drug-likeness (QED) is 0.897. The second kappa shape index (κ2) is 6.57. The molecule has 2 fully saturated rings. The minimum absolute atomic E-state index is 0.162. The molecule has 0 spiro atoms. The van der Waals surface area contributed by atoms with Crippen LogP contribution in [0.4, 0.5) is 5.69 Å². The van der Waals surface area contributed by atoms with E-state index >= 15 is 0 Å². The monoisotopic (exact) mass is 303 g/mol. The number of nitrogens with zero attached hydrogens (tertiary/aromatic N) is 3. The van der Waals surface area contributed by atoms with Gasteiger partial charge in [-0.15, -0.1) is 0 Å². The molecule has 0 radical (unpaired) electrons. The minimum atomic E-state index is 0.162. The molecule has 1 aromatic carbocycles. The van der Waals surface area contributed by atoms with Crippen LogP contribution in [0.5, 0.6) is 5.75 Å². The second-order valence-electron chi connectivity index (χ2n) is 6.40. The van der Waals surface area contributed by atoms with Crippen molar-refractivity contribution in [3.63, 3.8) is 0 Å². The Morgan fingerprint density at radius 3 is 2.55 bits per heavy atom. The maximum Gasteiger partial charge on any atom is 0.227 e. The summed E-state index contributed by atoms with van der Waals surface area (Å²) >= 11 is 0. The van der Waals surface area contributed by atoms with Crippen LogP contribution in [0.1, 0.15) is 12.8 Å². The van der Waals surface area contributed by atoms with Gasteiger partial charge in [0.1, 0.15) is 5.75 Å². The third-order valence-electron chi connectivity index (χ3n) is 4.79. The van der Waals surface area contributed by atoms with Gasteiger partial charge < -0.3 is 19.8 Å². The smallest absolute Gasteiger partial charge is 0.227 e. The molecule has 2 heterocycles. The van der Waals surface area contributed by atoms with Gasteiger partial charge in [0.05, 0.1) is 11.6 Å². The summed E-state index contributed by atoms with van der Waals surface area (Å²) < 4.78 is 0. The molecular weight excluding hydrogens is 278 g/mol. The number of piperidine rings is 1. The molecule has 2 aliphatic rings. The fraction of sp³-hybridized carbons (Fsp3) is 0.588. The van der Waals surface area contributed by atoms with Gasteiger partial charge in [-0.2, -0.15) is 0 Å². The van der Waals surface area contributed by atoms with Crippen molar-refractivity contribution in [3.05, 3.63) is 24.3 Å². The van der Waals surface area contributed by atoms with Crippen LogP contribution in [0.25, 0.3) is 0 Å². The lowest BCUT2D eigenvalue weighted by molar-refractivity contribution is -0.137. The van der Waals surface area contributed by atoms with Gasteiger partial charge >= 0.3 is 0 Å². The van der Waals surface area contributed by atoms with Crippen LogP contribution in [0.2, 0.25) is 0 Å². The lowest BCUT2D eigenvalue weighted by Crippen LogP contribution is -2.52. The Kier molecular flexibility index (Phi) is 4.52. The van der Waals surface area contributed by atoms with Crippen molar-refractivity contribution >= 4 is 11.6 Å². The van der Waals surface area contributed by atoms with Crippen molar-refractivity contribution in [2.75, 3.05) is 51.2 Å². The summed E-state index contributed by atoms with van der Waals surface area (Å²) in [7, 11) is 2.09. The Labute approximate surface area is 132 Å². The third kappa shape index (κ3) is 3.19. The van der Waals surface area contributed by atoms with Crippen LogP contribution in [0, 0.1) is 5.92 Å². The second-order valence-corrected chi connectivity index (χ2v) is 6.40. The number of phenolic OH excluding ortho intramolecular Hbond substituents is 1. The molecular formula is C17H25N3O2. The van der Waals surface area contributed by atoms with Gasteiger partial charge in [-0.05, 0) is 38.6 Å². The van der Waals surface area contributed by atoms with Crippen LogP contribution in [-0.4, -0.2) is 67.1 Å². The fourth-order valence-electron chi connectivity index (χ4n) is 3.53. The first kappa shape index (κ1) is 15.2. The highest BCUT2D eigenvalue weighted by Crippen LogP contribution is 2.27. The lowest BCUT2D eigenvalue weighted by Gasteiger charge is -2.39. The van der Waals surface area contributed by atoms with E-state index in [4.69, 9.17) is 0 Å². The summed E-state index contributed by atoms with van der Waals surface area (Å²) in [6.07, 6.45) is 2.13. The summed E-state index contributed by atoms with van der Waals surface area (Å²) in [5.74, 6) is 0.787. The maximum atomic E-state index is 12.6. The number of likely N-dealkylation sites (tertiary alicyclic amines) is 1. The summed E-state index contributed by atoms with van der Waals surface area (Å²) in [6, 6.07) is 7.41. The van der Waals surface area contributed by atoms with E-state index in [0.717, 1.165) is 57.8 Å². The number of phenols is 1. The highest BCUT2D eigenvalue weighted by molar-refractivity contribution is 5.79. The van der Waals surface area contributed by atoms with Crippen molar-refractivity contribution in [3.8, 4) is 5.75 Å². The van der Waals surface area contributed by atoms with E-state index in [9.17, 15) is 9.90 Å². The Balaban J connectivity index is 1.57. The standard InChI is InChI=1S/C17H25N3O2/c1-18-8-4-5-14(13-18)17(22)20-11-9-19(10-12-20)15-6-2-3-7-16(15)21/h2-3,6-7,14,21H,4-5,8-13H2,1H3. The minimum Gasteiger partial charge on any atom is -0.506 e. The summed E-state index contributed by atoms with van der Waals surface area (Å²) in [6.45, 7) is 5.04. The number of anilines is 1. The Morgan fingerprint density at radius 1 is 1.14 bits per heavy atom. The molecule has 1 atom stereocenters. The van der Waals surface area contributed by atoms with E-state index in [1.165, 1.54) is 0 Å². The molecule has 0 bridgehead atoms. The van der Waals surface area contributed by atoms with E-state index < -0.39 is 0 Å². The normalized spacial score (nSPS) is 23.6. The van der Waals surface area contributed by atoms with Gasteiger partial charge in [0, 0.05) is 32.7 Å². The molecule has 0 saturated carbocycles. The molecule has 1 unspecified atom stereocenters. The first-order valence-corrected chi connectivity index (χ1v) is 8.15. The van der Waals surface area contributed by atoms with Crippen LogP contribution in [0.15, 0.2) is 24.3 Å². The van der Waals surface area contributed by atoms with Gasteiger partial charge in [-0.1, -0.05) is 12.1 Å². The predicted octanol–water partition coefficient (Wildman–Crippen LogP) is 1.38. The third-order valence-corrected chi connectivity index (χ3v) is 4.79. The Bertz CT molecular complexity index is 526. The van der Waals surface area contributed by atoms with Gasteiger partial charge in [-0.3, -0.25) is 4.79 Å². The van der Waals surface area contributed by atoms with E-state index in [0.29, 0.717) is 11.7 Å². The van der Waals surface area contributed by atoms with E-state index in [-0.39, 0.29) is 5.92 Å². The molecule has 0 aromatic heterocycles. The number of carbonyl (C=O) groups is 1. The number of benzene rings is 1. The van der Waals surface area contributed by atoms with Crippen molar-refractivity contribution in [2.24, 2.45) is 5.92 Å². The van der Waals surface area contributed by atoms with E-state index in [2.05, 4.69) is 16.8 Å². The zero-order chi connectivity index (χ0) is 15.5. The molecule has 1 N–H and O–H groups in total. The van der Waals surface area contributed by atoms with Crippen molar-refractivity contribution in [1.29, 1.82) is 0 Å². The maximum absolute atomic E-state index is 12.6. The summed E-state index contributed by atoms with van der Waals surface area (Å²) in [5.41, 5.74) is 0.868. The van der Waals surface area contributed by atoms with Crippen molar-refractivity contribution in [1.82, 2.24) is 9.80 Å². The number of carbonyl (C=O) groups excluding carboxylic acids is 1. The summed E-state index contributed by atoms with van der Waals surface area (Å²) in [5, 5.41) is 9.94. The molecule has 1 amide bonds. The molecule has 2 aliphatic heterocycles. The summed E-state index contributed by atoms with van der Waals surface area (Å²) in [4.78, 5) is 19.1. The van der Waals surface area contributed by atoms with Gasteiger partial charge in [0.25, 0.3) is 0 Å². The average molecular weight is 303 g/mol. The highest BCUT2D eigenvalue weighted by Gasteiger charge is 2.30. The van der Waals surface area contributed by atoms with Crippen LogP contribution in [-0.2, 0) is 4.79 Å². The Morgan fingerprint density at radius 2 is 1.86 bits per heavy atom. The molecule has 5 nitrogen and oxygen atoms in total. The predicted molar refractivity (Wildman–Crippen MR) is 87.1 cm³/mol. The average Bonchev–Trinajstić information content (AvgIpc) is 2.55. The number of para-hydroxylation sites is 2. The van der Waals surface area contributed by atoms with Crippen LogP contribution in [0.3, 0.4) is 0 Å². The number of amides is 1. The largest absolute Gasteiger partial charge is 0.506 e. The van der Waals surface area contributed by atoms with E-state index in [1.807, 2.05) is 23.1 Å². The molecule has 3 rings (SSSR count). The fourth-order valence-corrected chi connectivity index (χ4v) is 3.53.